The molecule has 0 aromatic rings. The van der Waals surface area contributed by atoms with Crippen molar-refractivity contribution in [3.63, 3.8) is 0 Å². The van der Waals surface area contributed by atoms with Gasteiger partial charge in [-0.15, -0.1) is 0 Å². The Balaban J connectivity index is 3.81. The van der Waals surface area contributed by atoms with E-state index >= 15 is 0 Å². The van der Waals surface area contributed by atoms with Crippen LogP contribution in [0.5, 0.6) is 0 Å². The zero-order valence-corrected chi connectivity index (χ0v) is 9.25. The molecule has 0 aliphatic heterocycles. The van der Waals surface area contributed by atoms with Gasteiger partial charge >= 0.3 is 5.97 Å². The van der Waals surface area contributed by atoms with Gasteiger partial charge in [0.05, 0.1) is 13.2 Å². The Bertz CT molecular complexity index is 230. The molecule has 0 aromatic carbocycles. The second kappa shape index (κ2) is 6.53. The van der Waals surface area contributed by atoms with E-state index in [2.05, 4.69) is 4.74 Å². The zero-order chi connectivity index (χ0) is 11.9. The summed E-state index contributed by atoms with van der Waals surface area (Å²) in [6.07, 6.45) is 1.28. The first kappa shape index (κ1) is 14.1. The highest BCUT2D eigenvalue weighted by Gasteiger charge is 2.12. The summed E-state index contributed by atoms with van der Waals surface area (Å²) < 4.78 is 22.2. The number of carbonyl (C=O) groups excluding carboxylic acids is 1. The number of rotatable bonds is 6. The summed E-state index contributed by atoms with van der Waals surface area (Å²) in [4.78, 5) is 10.8. The third-order valence-corrected chi connectivity index (χ3v) is 1.37. The fraction of sp³-hybridized carbons (Fsp3) is 0.700. The van der Waals surface area contributed by atoms with Crippen LogP contribution < -0.4 is 0 Å². The van der Waals surface area contributed by atoms with Gasteiger partial charge in [-0.25, -0.2) is 4.79 Å². The van der Waals surface area contributed by atoms with E-state index in [1.807, 2.05) is 0 Å². The van der Waals surface area contributed by atoms with Gasteiger partial charge in [0.1, 0.15) is 0 Å². The lowest BCUT2D eigenvalue weighted by Gasteiger charge is -2.17. The monoisotopic (exact) mass is 220 g/mol. The highest BCUT2D eigenvalue weighted by Crippen LogP contribution is 2.06. The van der Waals surface area contributed by atoms with E-state index in [-0.39, 0.29) is 19.6 Å². The Morgan fingerprint density at radius 3 is 2.60 bits per heavy atom. The van der Waals surface area contributed by atoms with E-state index < -0.39 is 17.6 Å². The van der Waals surface area contributed by atoms with Crippen molar-refractivity contribution in [2.75, 3.05) is 13.2 Å². The highest BCUT2D eigenvalue weighted by atomic mass is 19.1. The maximum atomic E-state index is 12.9. The van der Waals surface area contributed by atoms with Crippen LogP contribution in [0.15, 0.2) is 11.9 Å². The summed E-state index contributed by atoms with van der Waals surface area (Å²) in [7, 11) is 0. The lowest BCUT2D eigenvalue weighted by atomic mass is 10.3. The minimum absolute atomic E-state index is 0.135. The average Bonchev–Trinajstić information content (AvgIpc) is 2.11. The second-order valence-electron chi connectivity index (χ2n) is 3.36. The molecule has 0 radical (unpaired) electrons. The molecule has 0 fully saturated rings. The van der Waals surface area contributed by atoms with Crippen molar-refractivity contribution in [3.8, 4) is 0 Å². The number of hydrogen-bond donors (Lipinski definition) is 1. The molecule has 5 heteroatoms. The lowest BCUT2D eigenvalue weighted by molar-refractivity contribution is -0.174. The van der Waals surface area contributed by atoms with Crippen LogP contribution in [0, 0.1) is 0 Å². The number of halogens is 1. The quantitative estimate of drug-likeness (QED) is 0.319. The van der Waals surface area contributed by atoms with Crippen LogP contribution in [-0.4, -0.2) is 30.1 Å². The number of esters is 1. The largest absolute Gasteiger partial charge is 0.461 e. The van der Waals surface area contributed by atoms with Crippen molar-refractivity contribution < 1.29 is 23.8 Å². The van der Waals surface area contributed by atoms with Crippen LogP contribution in [0.1, 0.15) is 27.2 Å². The van der Waals surface area contributed by atoms with Crippen LogP contribution in [0.2, 0.25) is 0 Å². The molecule has 0 bridgehead atoms. The van der Waals surface area contributed by atoms with E-state index in [0.29, 0.717) is 0 Å². The maximum Gasteiger partial charge on any atom is 0.366 e. The molecule has 0 atom stereocenters. The van der Waals surface area contributed by atoms with Crippen molar-refractivity contribution in [2.45, 2.75) is 33.0 Å². The van der Waals surface area contributed by atoms with E-state index in [0.717, 1.165) is 6.08 Å². The first-order chi connectivity index (χ1) is 6.87. The number of carbonyl (C=O) groups is 1. The molecule has 1 N–H and O–H groups in total. The number of ether oxygens (including phenoxy) is 2. The van der Waals surface area contributed by atoms with Gasteiger partial charge in [-0.1, -0.05) is 0 Å². The van der Waals surface area contributed by atoms with Crippen molar-refractivity contribution in [3.05, 3.63) is 11.9 Å². The number of hydrogen-bond acceptors (Lipinski definition) is 4. The lowest BCUT2D eigenvalue weighted by Crippen LogP contribution is -2.23. The molecule has 0 saturated heterocycles. The predicted molar refractivity (Wildman–Crippen MR) is 52.7 cm³/mol. The summed E-state index contributed by atoms with van der Waals surface area (Å²) in [5.74, 6) is -3.15. The first-order valence-corrected chi connectivity index (χ1v) is 4.76. The summed E-state index contributed by atoms with van der Waals surface area (Å²) in [6.45, 7) is 4.82. The molecular formula is C10H17FO4. The standard InChI is InChI=1S/C10H17FO4/c1-4-14-9(12)8(11)6-5-7-15-10(2,3)13/h6,13H,4-5,7H2,1-3H3/b8-6+. The molecular weight excluding hydrogens is 203 g/mol. The predicted octanol–water partition coefficient (Wildman–Crippen LogP) is 1.54. The van der Waals surface area contributed by atoms with Gasteiger partial charge in [0, 0.05) is 0 Å². The molecule has 0 aromatic heterocycles. The Morgan fingerprint density at radius 2 is 2.13 bits per heavy atom. The van der Waals surface area contributed by atoms with Crippen LogP contribution in [0.25, 0.3) is 0 Å². The first-order valence-electron chi connectivity index (χ1n) is 4.76. The van der Waals surface area contributed by atoms with Crippen molar-refractivity contribution in [1.82, 2.24) is 0 Å². The van der Waals surface area contributed by atoms with E-state index in [4.69, 9.17) is 9.84 Å². The SMILES string of the molecule is CCOC(=O)/C(F)=C\CCOC(C)(C)O. The molecule has 0 aliphatic carbocycles. The summed E-state index contributed by atoms with van der Waals surface area (Å²) in [5, 5.41) is 9.15. The van der Waals surface area contributed by atoms with Crippen molar-refractivity contribution in [2.24, 2.45) is 0 Å². The summed E-state index contributed by atoms with van der Waals surface area (Å²) in [5.41, 5.74) is 0. The smallest absolute Gasteiger partial charge is 0.366 e. The van der Waals surface area contributed by atoms with Crippen molar-refractivity contribution in [1.29, 1.82) is 0 Å². The van der Waals surface area contributed by atoms with Gasteiger partial charge in [-0.2, -0.15) is 4.39 Å². The summed E-state index contributed by atoms with van der Waals surface area (Å²) >= 11 is 0. The molecule has 0 aliphatic rings. The number of aliphatic hydroxyl groups is 1. The Kier molecular flexibility index (Phi) is 6.12. The zero-order valence-electron chi connectivity index (χ0n) is 9.25. The molecule has 0 spiro atoms. The molecule has 4 nitrogen and oxygen atoms in total. The van der Waals surface area contributed by atoms with Gasteiger partial charge in [-0.05, 0) is 33.3 Å². The third kappa shape index (κ3) is 8.08. The molecule has 0 heterocycles. The average molecular weight is 220 g/mol. The topological polar surface area (TPSA) is 55.8 Å². The Morgan fingerprint density at radius 1 is 1.53 bits per heavy atom. The van der Waals surface area contributed by atoms with Gasteiger partial charge in [0.25, 0.3) is 0 Å². The molecule has 15 heavy (non-hydrogen) atoms. The van der Waals surface area contributed by atoms with Gasteiger partial charge < -0.3 is 14.6 Å². The van der Waals surface area contributed by atoms with Gasteiger partial charge in [0.2, 0.25) is 5.83 Å². The van der Waals surface area contributed by atoms with Crippen LogP contribution in [-0.2, 0) is 14.3 Å². The maximum absolute atomic E-state index is 12.9. The molecule has 88 valence electrons. The minimum Gasteiger partial charge on any atom is -0.461 e. The highest BCUT2D eigenvalue weighted by molar-refractivity contribution is 5.85. The van der Waals surface area contributed by atoms with E-state index in [9.17, 15) is 9.18 Å². The van der Waals surface area contributed by atoms with Gasteiger partial charge in [0.15, 0.2) is 5.79 Å². The Hall–Kier alpha value is -0.940. The fourth-order valence-electron chi connectivity index (χ4n) is 0.778. The van der Waals surface area contributed by atoms with E-state index in [1.165, 1.54) is 13.8 Å². The molecule has 0 amide bonds. The van der Waals surface area contributed by atoms with E-state index in [1.54, 1.807) is 6.92 Å². The molecule has 0 saturated carbocycles. The molecule has 0 unspecified atom stereocenters. The van der Waals surface area contributed by atoms with Crippen molar-refractivity contribution >= 4 is 5.97 Å². The normalized spacial score (nSPS) is 12.7. The van der Waals surface area contributed by atoms with Crippen LogP contribution in [0.3, 0.4) is 0 Å². The van der Waals surface area contributed by atoms with Crippen LogP contribution in [0.4, 0.5) is 4.39 Å². The van der Waals surface area contributed by atoms with Crippen LogP contribution >= 0.6 is 0 Å². The fourth-order valence-corrected chi connectivity index (χ4v) is 0.778. The van der Waals surface area contributed by atoms with Gasteiger partial charge in [-0.3, -0.25) is 0 Å². The third-order valence-electron chi connectivity index (χ3n) is 1.37. The molecule has 0 rings (SSSR count). The minimum atomic E-state index is -1.24. The Labute approximate surface area is 88.7 Å². The second-order valence-corrected chi connectivity index (χ2v) is 3.36. The summed E-state index contributed by atoms with van der Waals surface area (Å²) in [6, 6.07) is 0.